The number of nitrogens with one attached hydrogen (secondary N) is 1. The monoisotopic (exact) mass is 304 g/mol. The summed E-state index contributed by atoms with van der Waals surface area (Å²) in [6, 6.07) is 11.2. The van der Waals surface area contributed by atoms with Gasteiger partial charge in [-0.1, -0.05) is 23.7 Å². The highest BCUT2D eigenvalue weighted by Crippen LogP contribution is 2.21. The third kappa shape index (κ3) is 3.73. The molecule has 6 heteroatoms. The molecule has 0 aromatic heterocycles. The molecule has 3 N–H and O–H groups in total. The minimum absolute atomic E-state index is 0.00637. The molecular formula is C15H13ClN2O3. The van der Waals surface area contributed by atoms with Crippen molar-refractivity contribution in [1.29, 1.82) is 0 Å². The van der Waals surface area contributed by atoms with E-state index in [9.17, 15) is 9.90 Å². The van der Waals surface area contributed by atoms with Gasteiger partial charge in [0.1, 0.15) is 5.75 Å². The van der Waals surface area contributed by atoms with Crippen molar-refractivity contribution in [3.63, 3.8) is 0 Å². The zero-order valence-electron chi connectivity index (χ0n) is 11.2. The smallest absolute Gasteiger partial charge is 0.337 e. The zero-order valence-corrected chi connectivity index (χ0v) is 11.9. The Bertz CT molecular complexity index is 714. The average molecular weight is 305 g/mol. The van der Waals surface area contributed by atoms with Crippen molar-refractivity contribution in [3.05, 3.63) is 58.6 Å². The van der Waals surface area contributed by atoms with Crippen molar-refractivity contribution in [2.75, 3.05) is 5.43 Å². The van der Waals surface area contributed by atoms with Gasteiger partial charge in [0.05, 0.1) is 22.0 Å². The van der Waals surface area contributed by atoms with Crippen LogP contribution in [-0.2, 0) is 0 Å². The Morgan fingerprint density at radius 3 is 2.67 bits per heavy atom. The number of benzene rings is 2. The van der Waals surface area contributed by atoms with Crippen molar-refractivity contribution < 1.29 is 15.0 Å². The van der Waals surface area contributed by atoms with E-state index >= 15 is 0 Å². The summed E-state index contributed by atoms with van der Waals surface area (Å²) < 4.78 is 0. The number of carboxylic acids is 1. The van der Waals surface area contributed by atoms with Crippen molar-refractivity contribution >= 4 is 29.0 Å². The summed E-state index contributed by atoms with van der Waals surface area (Å²) in [4.78, 5) is 11.0. The number of phenolic OH excluding ortho intramolecular Hbond substituents is 1. The van der Waals surface area contributed by atoms with Crippen LogP contribution in [0.15, 0.2) is 47.6 Å². The first-order valence-electron chi connectivity index (χ1n) is 6.10. The van der Waals surface area contributed by atoms with Crippen molar-refractivity contribution in [3.8, 4) is 5.75 Å². The summed E-state index contributed by atoms with van der Waals surface area (Å²) in [5, 5.41) is 22.7. The fourth-order valence-corrected chi connectivity index (χ4v) is 1.90. The molecule has 0 aliphatic carbocycles. The van der Waals surface area contributed by atoms with Crippen molar-refractivity contribution in [1.82, 2.24) is 0 Å². The lowest BCUT2D eigenvalue weighted by Crippen LogP contribution is -2.02. The van der Waals surface area contributed by atoms with Crippen LogP contribution < -0.4 is 5.43 Å². The molecular weight excluding hydrogens is 292 g/mol. The van der Waals surface area contributed by atoms with Crippen molar-refractivity contribution in [2.45, 2.75) is 6.92 Å². The molecule has 0 amide bonds. The first-order valence-corrected chi connectivity index (χ1v) is 6.47. The molecule has 2 aromatic rings. The number of carbonyl (C=O) groups is 1. The number of nitrogens with zero attached hydrogens (tertiary/aromatic N) is 1. The maximum absolute atomic E-state index is 11.0. The van der Waals surface area contributed by atoms with Gasteiger partial charge in [-0.05, 0) is 37.3 Å². The first-order chi connectivity index (χ1) is 9.97. The Balaban J connectivity index is 2.21. The lowest BCUT2D eigenvalue weighted by Gasteiger charge is -2.06. The molecule has 0 aliphatic heterocycles. The molecule has 21 heavy (non-hydrogen) atoms. The van der Waals surface area contributed by atoms with E-state index in [1.807, 2.05) is 6.07 Å². The molecule has 0 bridgehead atoms. The average Bonchev–Trinajstić information content (AvgIpc) is 2.45. The van der Waals surface area contributed by atoms with Gasteiger partial charge in [0.2, 0.25) is 0 Å². The fraction of sp³-hybridized carbons (Fsp3) is 0.0667. The molecule has 0 radical (unpaired) electrons. The maximum atomic E-state index is 11.0. The Morgan fingerprint density at radius 2 is 2.00 bits per heavy atom. The Labute approximate surface area is 126 Å². The third-order valence-electron chi connectivity index (χ3n) is 2.81. The standard InChI is InChI=1S/C15H13ClN2O3/c1-9(10-3-2-4-12(19)7-10)17-18-11-5-6-14(16)13(8-11)15(20)21/h2-8,18-19H,1H3,(H,20,21)/b17-9-. The number of aromatic carboxylic acids is 1. The van der Waals surface area contributed by atoms with Gasteiger partial charge in [-0.15, -0.1) is 0 Å². The van der Waals surface area contributed by atoms with E-state index in [4.69, 9.17) is 16.7 Å². The highest BCUT2D eigenvalue weighted by Gasteiger charge is 2.09. The van der Waals surface area contributed by atoms with Gasteiger partial charge in [0.25, 0.3) is 0 Å². The second-order valence-corrected chi connectivity index (χ2v) is 4.77. The van der Waals surface area contributed by atoms with Gasteiger partial charge in [-0.3, -0.25) is 5.43 Å². The molecule has 0 aliphatic rings. The van der Waals surface area contributed by atoms with Crippen LogP contribution in [0.4, 0.5) is 5.69 Å². The second-order valence-electron chi connectivity index (χ2n) is 4.36. The molecule has 0 saturated heterocycles. The topological polar surface area (TPSA) is 81.9 Å². The van der Waals surface area contributed by atoms with Crippen LogP contribution in [0.3, 0.4) is 0 Å². The van der Waals surface area contributed by atoms with Gasteiger partial charge < -0.3 is 10.2 Å². The van der Waals surface area contributed by atoms with Crippen LogP contribution in [0, 0.1) is 0 Å². The van der Waals surface area contributed by atoms with Crippen LogP contribution in [0.1, 0.15) is 22.8 Å². The van der Waals surface area contributed by atoms with E-state index in [1.54, 1.807) is 31.2 Å². The first kappa shape index (κ1) is 14.9. The number of phenols is 1. The van der Waals surface area contributed by atoms with Crippen molar-refractivity contribution in [2.24, 2.45) is 5.10 Å². The van der Waals surface area contributed by atoms with Gasteiger partial charge in [0, 0.05) is 5.56 Å². The number of anilines is 1. The molecule has 0 spiro atoms. The van der Waals surface area contributed by atoms with E-state index in [2.05, 4.69) is 10.5 Å². The van der Waals surface area contributed by atoms with Gasteiger partial charge >= 0.3 is 5.97 Å². The molecule has 0 saturated carbocycles. The maximum Gasteiger partial charge on any atom is 0.337 e. The van der Waals surface area contributed by atoms with E-state index < -0.39 is 5.97 Å². The molecule has 0 fully saturated rings. The SMILES string of the molecule is C/C(=N/Nc1ccc(Cl)c(C(=O)O)c1)c1cccc(O)c1. The summed E-state index contributed by atoms with van der Waals surface area (Å²) in [5.41, 5.74) is 4.70. The summed E-state index contributed by atoms with van der Waals surface area (Å²) in [7, 11) is 0. The van der Waals surface area contributed by atoms with E-state index in [1.165, 1.54) is 12.1 Å². The number of carboxylic acid groups (broad SMARTS) is 1. The number of rotatable bonds is 4. The number of hydrazone groups is 1. The van der Waals surface area contributed by atoms with Gasteiger partial charge in [-0.2, -0.15) is 5.10 Å². The number of aromatic hydroxyl groups is 1. The number of hydrogen-bond donors (Lipinski definition) is 3. The van der Waals surface area contributed by atoms with Crippen LogP contribution >= 0.6 is 11.6 Å². The molecule has 0 unspecified atom stereocenters. The Morgan fingerprint density at radius 1 is 1.24 bits per heavy atom. The fourth-order valence-electron chi connectivity index (χ4n) is 1.70. The minimum atomic E-state index is -1.10. The predicted octanol–water partition coefficient (Wildman–Crippen LogP) is 3.58. The van der Waals surface area contributed by atoms with Crippen LogP contribution in [0.2, 0.25) is 5.02 Å². The second kappa shape index (κ2) is 6.28. The summed E-state index contributed by atoms with van der Waals surface area (Å²) in [6.45, 7) is 1.77. The molecule has 108 valence electrons. The molecule has 2 rings (SSSR count). The molecule has 0 atom stereocenters. The molecule has 2 aromatic carbocycles. The Kier molecular flexibility index (Phi) is 4.45. The van der Waals surface area contributed by atoms with Gasteiger partial charge in [0.15, 0.2) is 0 Å². The van der Waals surface area contributed by atoms with Crippen LogP contribution in [0.25, 0.3) is 0 Å². The molecule has 5 nitrogen and oxygen atoms in total. The van der Waals surface area contributed by atoms with E-state index in [-0.39, 0.29) is 16.3 Å². The van der Waals surface area contributed by atoms with Crippen LogP contribution in [-0.4, -0.2) is 21.9 Å². The summed E-state index contributed by atoms with van der Waals surface area (Å²) >= 11 is 5.80. The summed E-state index contributed by atoms with van der Waals surface area (Å²) in [6.07, 6.45) is 0. The number of halogens is 1. The van der Waals surface area contributed by atoms with Crippen LogP contribution in [0.5, 0.6) is 5.75 Å². The highest BCUT2D eigenvalue weighted by molar-refractivity contribution is 6.33. The molecule has 0 heterocycles. The van der Waals surface area contributed by atoms with E-state index in [0.29, 0.717) is 11.4 Å². The quantitative estimate of drug-likeness (QED) is 0.595. The lowest BCUT2D eigenvalue weighted by molar-refractivity contribution is 0.0697. The predicted molar refractivity (Wildman–Crippen MR) is 82.4 cm³/mol. The largest absolute Gasteiger partial charge is 0.508 e. The highest BCUT2D eigenvalue weighted by atomic mass is 35.5. The van der Waals surface area contributed by atoms with E-state index in [0.717, 1.165) is 5.56 Å². The normalized spacial score (nSPS) is 11.2. The zero-order chi connectivity index (χ0) is 15.4. The Hall–Kier alpha value is -2.53. The third-order valence-corrected chi connectivity index (χ3v) is 3.14. The summed E-state index contributed by atoms with van der Waals surface area (Å²) in [5.74, 6) is -0.945. The van der Waals surface area contributed by atoms with Gasteiger partial charge in [-0.25, -0.2) is 4.79 Å². The number of hydrogen-bond acceptors (Lipinski definition) is 4. The lowest BCUT2D eigenvalue weighted by atomic mass is 10.1. The minimum Gasteiger partial charge on any atom is -0.508 e.